The number of nitrogens with one attached hydrogen (secondary N) is 2. The Labute approximate surface area is 107 Å². The Morgan fingerprint density at radius 3 is 3.00 bits per heavy atom. The van der Waals surface area contributed by atoms with E-state index in [4.69, 9.17) is 10.6 Å². The molecule has 1 aromatic rings. The van der Waals surface area contributed by atoms with E-state index in [0.29, 0.717) is 19.1 Å². The van der Waals surface area contributed by atoms with Crippen LogP contribution in [0.3, 0.4) is 0 Å². The highest BCUT2D eigenvalue weighted by molar-refractivity contribution is 5.79. The fourth-order valence-electron chi connectivity index (χ4n) is 1.56. The average Bonchev–Trinajstić information content (AvgIpc) is 2.74. The topological polar surface area (TPSA) is 89.5 Å². The number of hydrogen-bond acceptors (Lipinski definition) is 4. The molecule has 0 saturated carbocycles. The molecule has 1 aromatic heterocycles. The molecule has 0 amide bonds. The van der Waals surface area contributed by atoms with Crippen molar-refractivity contribution < 1.29 is 4.74 Å². The predicted octanol–water partition coefficient (Wildman–Crippen LogP) is -0.594. The van der Waals surface area contributed by atoms with Crippen molar-refractivity contribution in [1.82, 2.24) is 20.5 Å². The van der Waals surface area contributed by atoms with Gasteiger partial charge in [-0.15, -0.1) is 0 Å². The second-order valence-electron chi connectivity index (χ2n) is 4.15. The maximum atomic E-state index is 5.40. The van der Waals surface area contributed by atoms with Gasteiger partial charge in [0.15, 0.2) is 0 Å². The van der Waals surface area contributed by atoms with Crippen LogP contribution in [0.25, 0.3) is 0 Å². The summed E-state index contributed by atoms with van der Waals surface area (Å²) in [7, 11) is 3.56. The lowest BCUT2D eigenvalue weighted by molar-refractivity contribution is 0.179. The molecule has 1 atom stereocenters. The highest BCUT2D eigenvalue weighted by Gasteiger charge is 2.03. The second-order valence-corrected chi connectivity index (χ2v) is 4.15. The number of hydrazine groups is 1. The van der Waals surface area contributed by atoms with Gasteiger partial charge in [-0.1, -0.05) is 0 Å². The van der Waals surface area contributed by atoms with E-state index < -0.39 is 0 Å². The molecule has 0 aliphatic rings. The quantitative estimate of drug-likeness (QED) is 0.273. The van der Waals surface area contributed by atoms with Crippen molar-refractivity contribution in [3.05, 3.63) is 18.0 Å². The third-order valence-electron chi connectivity index (χ3n) is 2.37. The molecule has 7 heteroatoms. The number of ether oxygens (including phenoxy) is 1. The van der Waals surface area contributed by atoms with E-state index in [1.165, 1.54) is 0 Å². The van der Waals surface area contributed by atoms with E-state index in [1.54, 1.807) is 11.8 Å². The number of hydrogen-bond donors (Lipinski definition) is 3. The molecule has 0 saturated heterocycles. The molecule has 1 heterocycles. The third-order valence-corrected chi connectivity index (χ3v) is 2.37. The molecule has 102 valence electrons. The first kappa shape index (κ1) is 14.5. The third kappa shape index (κ3) is 5.15. The Kier molecular flexibility index (Phi) is 6.16. The number of nitrogens with two attached hydrogens (primary N) is 1. The van der Waals surface area contributed by atoms with E-state index in [2.05, 4.69) is 20.8 Å². The van der Waals surface area contributed by atoms with Crippen molar-refractivity contribution in [2.75, 3.05) is 20.3 Å². The summed E-state index contributed by atoms with van der Waals surface area (Å²) in [6.07, 6.45) is 4.65. The van der Waals surface area contributed by atoms with Gasteiger partial charge in [-0.25, -0.2) is 5.84 Å². The number of rotatable bonds is 6. The largest absolute Gasteiger partial charge is 0.383 e. The molecule has 0 aromatic carbocycles. The maximum Gasteiger partial charge on any atom is 0.206 e. The molecule has 0 radical (unpaired) electrons. The van der Waals surface area contributed by atoms with E-state index in [0.717, 1.165) is 12.0 Å². The van der Waals surface area contributed by atoms with Crippen LogP contribution < -0.4 is 16.6 Å². The lowest BCUT2D eigenvalue weighted by Crippen LogP contribution is -2.47. The molecule has 0 fully saturated rings. The average molecular weight is 254 g/mol. The first-order chi connectivity index (χ1) is 8.65. The van der Waals surface area contributed by atoms with Crippen molar-refractivity contribution in [3.63, 3.8) is 0 Å². The lowest BCUT2D eigenvalue weighted by Gasteiger charge is -2.15. The Morgan fingerprint density at radius 2 is 2.44 bits per heavy atom. The zero-order chi connectivity index (χ0) is 13.4. The Balaban J connectivity index is 2.37. The fraction of sp³-hybridized carbons (Fsp3) is 0.636. The van der Waals surface area contributed by atoms with Gasteiger partial charge in [0.1, 0.15) is 0 Å². The van der Waals surface area contributed by atoms with Crippen LogP contribution in [0.4, 0.5) is 0 Å². The van der Waals surface area contributed by atoms with E-state index >= 15 is 0 Å². The van der Waals surface area contributed by atoms with E-state index in [-0.39, 0.29) is 6.04 Å². The van der Waals surface area contributed by atoms with Crippen molar-refractivity contribution in [2.45, 2.75) is 19.4 Å². The maximum absolute atomic E-state index is 5.40. The van der Waals surface area contributed by atoms with Gasteiger partial charge in [0.25, 0.3) is 0 Å². The van der Waals surface area contributed by atoms with Gasteiger partial charge in [0.2, 0.25) is 5.96 Å². The molecule has 4 N–H and O–H groups in total. The van der Waals surface area contributed by atoms with Gasteiger partial charge in [-0.3, -0.25) is 15.1 Å². The molecule has 7 nitrogen and oxygen atoms in total. The Hall–Kier alpha value is -1.60. The van der Waals surface area contributed by atoms with Crippen LogP contribution in [0, 0.1) is 0 Å². The number of methoxy groups -OCH3 is 1. The van der Waals surface area contributed by atoms with Crippen LogP contribution in [0.2, 0.25) is 0 Å². The monoisotopic (exact) mass is 254 g/mol. The SMILES string of the molecule is COCC(C)NC(=NCCc1cnn(C)c1)NN. The zero-order valence-corrected chi connectivity index (χ0v) is 11.2. The van der Waals surface area contributed by atoms with Gasteiger partial charge in [-0.05, 0) is 18.9 Å². The Morgan fingerprint density at radius 1 is 1.67 bits per heavy atom. The minimum atomic E-state index is 0.156. The van der Waals surface area contributed by atoms with Crippen LogP contribution >= 0.6 is 0 Å². The van der Waals surface area contributed by atoms with Crippen molar-refractivity contribution >= 4 is 5.96 Å². The number of nitrogens with zero attached hydrogens (tertiary/aromatic N) is 3. The molecule has 0 spiro atoms. The molecule has 0 aliphatic heterocycles. The van der Waals surface area contributed by atoms with Crippen molar-refractivity contribution in [1.29, 1.82) is 0 Å². The highest BCUT2D eigenvalue weighted by atomic mass is 16.5. The van der Waals surface area contributed by atoms with Gasteiger partial charge < -0.3 is 10.1 Å². The summed E-state index contributed by atoms with van der Waals surface area (Å²) in [4.78, 5) is 4.35. The first-order valence-corrected chi connectivity index (χ1v) is 5.89. The van der Waals surface area contributed by atoms with E-state index in [9.17, 15) is 0 Å². The highest BCUT2D eigenvalue weighted by Crippen LogP contribution is 1.97. The van der Waals surface area contributed by atoms with Gasteiger partial charge in [0, 0.05) is 32.9 Å². The molecule has 0 aliphatic carbocycles. The summed E-state index contributed by atoms with van der Waals surface area (Å²) in [5.74, 6) is 5.97. The zero-order valence-electron chi connectivity index (χ0n) is 11.2. The van der Waals surface area contributed by atoms with Crippen molar-refractivity contribution in [2.24, 2.45) is 17.9 Å². The summed E-state index contributed by atoms with van der Waals surface area (Å²) >= 11 is 0. The van der Waals surface area contributed by atoms with Crippen LogP contribution in [0.1, 0.15) is 12.5 Å². The molecule has 18 heavy (non-hydrogen) atoms. The van der Waals surface area contributed by atoms with Gasteiger partial charge in [-0.2, -0.15) is 5.10 Å². The Bertz CT molecular complexity index is 375. The first-order valence-electron chi connectivity index (χ1n) is 5.89. The second kappa shape index (κ2) is 7.67. The normalized spacial score (nSPS) is 13.4. The number of aliphatic imine (C=N–C) groups is 1. The summed E-state index contributed by atoms with van der Waals surface area (Å²) in [6, 6.07) is 0.156. The summed E-state index contributed by atoms with van der Waals surface area (Å²) in [5.41, 5.74) is 3.70. The molecule has 1 rings (SSSR count). The number of guanidine groups is 1. The van der Waals surface area contributed by atoms with Crippen LogP contribution in [0.5, 0.6) is 0 Å². The molecular weight excluding hydrogens is 232 g/mol. The summed E-state index contributed by atoms with van der Waals surface area (Å²) in [5, 5.41) is 7.23. The van der Waals surface area contributed by atoms with Crippen LogP contribution in [-0.2, 0) is 18.2 Å². The minimum Gasteiger partial charge on any atom is -0.383 e. The number of aryl methyl sites for hydroxylation is 1. The minimum absolute atomic E-state index is 0.156. The molecule has 1 unspecified atom stereocenters. The van der Waals surface area contributed by atoms with E-state index in [1.807, 2.05) is 26.4 Å². The van der Waals surface area contributed by atoms with Crippen LogP contribution in [-0.4, -0.2) is 42.0 Å². The summed E-state index contributed by atoms with van der Waals surface area (Å²) in [6.45, 7) is 3.25. The molecular formula is C11H22N6O. The lowest BCUT2D eigenvalue weighted by atomic mass is 10.3. The number of aromatic nitrogens is 2. The summed E-state index contributed by atoms with van der Waals surface area (Å²) < 4.78 is 6.81. The fourth-order valence-corrected chi connectivity index (χ4v) is 1.56. The standard InChI is InChI=1S/C11H22N6O/c1-9(8-18-3)15-11(16-12)13-5-4-10-6-14-17(2)7-10/h6-7,9H,4-5,8,12H2,1-3H3,(H2,13,15,16). The smallest absolute Gasteiger partial charge is 0.206 e. The molecule has 0 bridgehead atoms. The predicted molar refractivity (Wildman–Crippen MR) is 71.0 cm³/mol. The van der Waals surface area contributed by atoms with Gasteiger partial charge in [0.05, 0.1) is 12.8 Å². The van der Waals surface area contributed by atoms with Crippen LogP contribution in [0.15, 0.2) is 17.4 Å². The van der Waals surface area contributed by atoms with Crippen molar-refractivity contribution in [3.8, 4) is 0 Å². The van der Waals surface area contributed by atoms with Gasteiger partial charge >= 0.3 is 0 Å².